The van der Waals surface area contributed by atoms with Crippen LogP contribution < -0.4 is 0 Å². The Morgan fingerprint density at radius 3 is 2.15 bits per heavy atom. The maximum Gasteiger partial charge on any atom is 0.333 e. The number of imide groups is 2. The molecule has 202 valence electrons. The molecule has 0 radical (unpaired) electrons. The van der Waals surface area contributed by atoms with Gasteiger partial charge in [0.2, 0.25) is 0 Å². The van der Waals surface area contributed by atoms with E-state index in [1.54, 1.807) is 17.4 Å². The zero-order valence-electron chi connectivity index (χ0n) is 23.3. The van der Waals surface area contributed by atoms with E-state index in [4.69, 9.17) is 0 Å². The average molecular weight is 541 g/mol. The lowest BCUT2D eigenvalue weighted by Gasteiger charge is -2.33. The van der Waals surface area contributed by atoms with Crippen LogP contribution in [0.1, 0.15) is 74.8 Å². The maximum absolute atomic E-state index is 12.7. The van der Waals surface area contributed by atoms with Gasteiger partial charge in [-0.1, -0.05) is 82.3 Å². The molecular formula is C33H36N2O3S. The van der Waals surface area contributed by atoms with Crippen LogP contribution in [-0.4, -0.2) is 41.7 Å². The fraction of sp³-hybridized carbons (Fsp3) is 0.364. The third kappa shape index (κ3) is 4.65. The summed E-state index contributed by atoms with van der Waals surface area (Å²) in [5.74, 6) is -1.14. The van der Waals surface area contributed by atoms with Crippen LogP contribution in [0.25, 0.3) is 27.6 Å². The first-order chi connectivity index (χ1) is 18.8. The Kier molecular flexibility index (Phi) is 7.59. The zero-order valence-corrected chi connectivity index (χ0v) is 24.1. The van der Waals surface area contributed by atoms with Gasteiger partial charge in [-0.2, -0.15) is 0 Å². The van der Waals surface area contributed by atoms with Gasteiger partial charge in [0, 0.05) is 29.3 Å². The van der Waals surface area contributed by atoms with Crippen molar-refractivity contribution in [1.29, 1.82) is 0 Å². The Hall–Kier alpha value is -3.51. The van der Waals surface area contributed by atoms with Gasteiger partial charge in [0.05, 0.1) is 0 Å². The first-order valence-corrected chi connectivity index (χ1v) is 14.8. The van der Waals surface area contributed by atoms with E-state index in [0.29, 0.717) is 0 Å². The van der Waals surface area contributed by atoms with E-state index in [1.165, 1.54) is 68.5 Å². The number of unbranched alkanes of at least 4 members (excludes halogenated alkanes) is 3. The van der Waals surface area contributed by atoms with E-state index < -0.39 is 17.8 Å². The number of nitrogens with zero attached hydrogens (tertiary/aromatic N) is 2. The third-order valence-corrected chi connectivity index (χ3v) is 9.36. The Balaban J connectivity index is 1.54. The van der Waals surface area contributed by atoms with Gasteiger partial charge >= 0.3 is 6.03 Å². The quantitative estimate of drug-likeness (QED) is 0.158. The standard InChI is InChI=1S/C33H36N2O3S/c1-5-7-11-19-33(18-8-6-2)27-13-10-9-12-24(27)25-16-14-22(20-28(25)33)29-17-15-23(39-29)21-26-30(36)34(3)32(38)35(4)31(26)37/h9-10,12-17,20-21H,5-8,11,18-19H2,1-4H3. The number of rotatable bonds is 9. The van der Waals surface area contributed by atoms with Crippen molar-refractivity contribution < 1.29 is 14.4 Å². The summed E-state index contributed by atoms with van der Waals surface area (Å²) in [6, 6.07) is 19.2. The largest absolute Gasteiger partial charge is 0.333 e. The van der Waals surface area contributed by atoms with E-state index in [1.807, 2.05) is 6.07 Å². The highest BCUT2D eigenvalue weighted by Gasteiger charge is 2.42. The normalized spacial score (nSPS) is 18.6. The summed E-state index contributed by atoms with van der Waals surface area (Å²) < 4.78 is 0. The summed E-state index contributed by atoms with van der Waals surface area (Å²) in [5.41, 5.74) is 6.78. The van der Waals surface area contributed by atoms with E-state index in [9.17, 15) is 14.4 Å². The Bertz CT molecular complexity index is 1440. The Morgan fingerprint density at radius 1 is 0.769 bits per heavy atom. The minimum absolute atomic E-state index is 0.00640. The topological polar surface area (TPSA) is 57.7 Å². The van der Waals surface area contributed by atoms with Crippen LogP contribution >= 0.6 is 11.3 Å². The van der Waals surface area contributed by atoms with Crippen molar-refractivity contribution in [3.63, 3.8) is 0 Å². The zero-order chi connectivity index (χ0) is 27.7. The molecule has 2 heterocycles. The van der Waals surface area contributed by atoms with Crippen molar-refractivity contribution in [2.75, 3.05) is 14.1 Å². The van der Waals surface area contributed by atoms with Gasteiger partial charge in [0.15, 0.2) is 0 Å². The molecule has 2 aliphatic rings. The predicted molar refractivity (Wildman–Crippen MR) is 159 cm³/mol. The van der Waals surface area contributed by atoms with E-state index in [-0.39, 0.29) is 11.0 Å². The third-order valence-electron chi connectivity index (χ3n) is 8.27. The van der Waals surface area contributed by atoms with Crippen molar-refractivity contribution in [3.8, 4) is 21.6 Å². The highest BCUT2D eigenvalue weighted by atomic mass is 32.1. The van der Waals surface area contributed by atoms with Gasteiger partial charge in [-0.3, -0.25) is 19.4 Å². The van der Waals surface area contributed by atoms with Gasteiger partial charge in [0.1, 0.15) is 5.57 Å². The molecule has 1 fully saturated rings. The Morgan fingerprint density at radius 2 is 1.44 bits per heavy atom. The van der Waals surface area contributed by atoms with Crippen LogP contribution in [0.4, 0.5) is 4.79 Å². The fourth-order valence-electron chi connectivity index (χ4n) is 6.13. The number of amides is 4. The van der Waals surface area contributed by atoms with Crippen molar-refractivity contribution in [2.24, 2.45) is 0 Å². The van der Waals surface area contributed by atoms with Crippen molar-refractivity contribution in [3.05, 3.63) is 76.2 Å². The molecule has 6 heteroatoms. The van der Waals surface area contributed by atoms with E-state index in [2.05, 4.69) is 62.4 Å². The number of likely N-dealkylation sites (N-methyl/N-ethyl adjacent to an activating group) is 2. The van der Waals surface area contributed by atoms with Gasteiger partial charge in [-0.25, -0.2) is 4.79 Å². The van der Waals surface area contributed by atoms with Gasteiger partial charge in [-0.15, -0.1) is 11.3 Å². The molecule has 0 saturated carbocycles. The molecule has 1 unspecified atom stereocenters. The summed E-state index contributed by atoms with van der Waals surface area (Å²) in [6.07, 6.45) is 9.92. The molecule has 3 aromatic rings. The number of benzene rings is 2. The number of fused-ring (bicyclic) bond motifs is 3. The number of hydrogen-bond acceptors (Lipinski definition) is 4. The number of carbonyl (C=O) groups excluding carboxylic acids is 3. The van der Waals surface area contributed by atoms with Crippen molar-refractivity contribution in [2.45, 2.75) is 64.2 Å². The van der Waals surface area contributed by atoms with Crippen LogP contribution in [0.2, 0.25) is 0 Å². The molecule has 1 aromatic heterocycles. The fourth-order valence-corrected chi connectivity index (χ4v) is 7.08. The highest BCUT2D eigenvalue weighted by Crippen LogP contribution is 2.55. The monoisotopic (exact) mass is 540 g/mol. The molecular weight excluding hydrogens is 504 g/mol. The molecule has 5 nitrogen and oxygen atoms in total. The second kappa shape index (κ2) is 10.9. The van der Waals surface area contributed by atoms with Gasteiger partial charge in [-0.05, 0) is 64.9 Å². The molecule has 2 aromatic carbocycles. The first-order valence-electron chi connectivity index (χ1n) is 14.0. The minimum Gasteiger partial charge on any atom is -0.268 e. The van der Waals surface area contributed by atoms with Gasteiger partial charge in [0.25, 0.3) is 11.8 Å². The summed E-state index contributed by atoms with van der Waals surface area (Å²) in [5, 5.41) is 0. The average Bonchev–Trinajstić information content (AvgIpc) is 3.53. The van der Waals surface area contributed by atoms with Crippen molar-refractivity contribution >= 4 is 35.3 Å². The lowest BCUT2D eigenvalue weighted by Crippen LogP contribution is -2.52. The maximum atomic E-state index is 12.7. The SMILES string of the molecule is CCCCCC1(CCCC)c2ccccc2-c2ccc(-c3ccc(C=C4C(=O)N(C)C(=O)N(C)C4=O)s3)cc21. The second-order valence-electron chi connectivity index (χ2n) is 10.7. The molecule has 1 aliphatic carbocycles. The summed E-state index contributed by atoms with van der Waals surface area (Å²) >= 11 is 1.55. The molecule has 0 spiro atoms. The molecule has 1 saturated heterocycles. The van der Waals surface area contributed by atoms with Gasteiger partial charge < -0.3 is 0 Å². The molecule has 0 N–H and O–H groups in total. The number of thiophene rings is 1. The molecule has 4 amide bonds. The molecule has 39 heavy (non-hydrogen) atoms. The minimum atomic E-state index is -0.612. The molecule has 5 rings (SSSR count). The molecule has 0 bridgehead atoms. The molecule has 1 aliphatic heterocycles. The molecule has 1 atom stereocenters. The van der Waals surface area contributed by atoms with E-state index >= 15 is 0 Å². The Labute approximate surface area is 235 Å². The highest BCUT2D eigenvalue weighted by molar-refractivity contribution is 7.16. The van der Waals surface area contributed by atoms with Crippen LogP contribution in [0, 0.1) is 0 Å². The number of carbonyl (C=O) groups is 3. The summed E-state index contributed by atoms with van der Waals surface area (Å²) in [4.78, 5) is 41.3. The summed E-state index contributed by atoms with van der Waals surface area (Å²) in [6.45, 7) is 4.53. The lowest BCUT2D eigenvalue weighted by atomic mass is 9.70. The predicted octanol–water partition coefficient (Wildman–Crippen LogP) is 7.89. The lowest BCUT2D eigenvalue weighted by molar-refractivity contribution is -0.134. The second-order valence-corrected chi connectivity index (χ2v) is 11.8. The van der Waals surface area contributed by atoms with Crippen LogP contribution in [-0.2, 0) is 15.0 Å². The number of hydrogen-bond donors (Lipinski definition) is 0. The summed E-state index contributed by atoms with van der Waals surface area (Å²) in [7, 11) is 2.80. The number of barbiturate groups is 1. The smallest absolute Gasteiger partial charge is 0.268 e. The van der Waals surface area contributed by atoms with Crippen molar-refractivity contribution in [1.82, 2.24) is 9.80 Å². The van der Waals surface area contributed by atoms with E-state index in [0.717, 1.165) is 38.0 Å². The van der Waals surface area contributed by atoms with Crippen LogP contribution in [0.15, 0.2) is 60.2 Å². The number of urea groups is 1. The van der Waals surface area contributed by atoms with Crippen LogP contribution in [0.3, 0.4) is 0 Å². The van der Waals surface area contributed by atoms with Crippen LogP contribution in [0.5, 0.6) is 0 Å². The first kappa shape index (κ1) is 27.1.